The van der Waals surface area contributed by atoms with Crippen LogP contribution in [0.25, 0.3) is 0 Å². The molecule has 4 nitrogen and oxygen atoms in total. The molecule has 1 unspecified atom stereocenters. The van der Waals surface area contributed by atoms with Crippen LogP contribution in [0.15, 0.2) is 33.5 Å². The Morgan fingerprint density at radius 3 is 3.07 bits per heavy atom. The number of furan rings is 1. The van der Waals surface area contributed by atoms with Crippen LogP contribution in [0.4, 0.5) is 0 Å². The Morgan fingerprint density at radius 2 is 2.47 bits per heavy atom. The maximum atomic E-state index is 10.1. The van der Waals surface area contributed by atoms with E-state index in [0.29, 0.717) is 18.0 Å². The summed E-state index contributed by atoms with van der Waals surface area (Å²) in [5, 5.41) is 14.2. The lowest BCUT2D eigenvalue weighted by molar-refractivity contribution is 0.178. The van der Waals surface area contributed by atoms with Crippen LogP contribution in [-0.2, 0) is 6.54 Å². The van der Waals surface area contributed by atoms with Crippen molar-refractivity contribution in [2.75, 3.05) is 0 Å². The van der Waals surface area contributed by atoms with E-state index in [1.807, 2.05) is 6.92 Å². The minimum absolute atomic E-state index is 0.519. The lowest BCUT2D eigenvalue weighted by Crippen LogP contribution is -2.08. The van der Waals surface area contributed by atoms with E-state index in [4.69, 9.17) is 4.42 Å². The maximum Gasteiger partial charge on any atom is 0.154 e. The first kappa shape index (κ1) is 10.4. The molecule has 1 N–H and O–H groups in total. The summed E-state index contributed by atoms with van der Waals surface area (Å²) in [5.74, 6) is 0.519. The van der Waals surface area contributed by atoms with Gasteiger partial charge >= 0.3 is 0 Å². The third kappa shape index (κ3) is 1.85. The van der Waals surface area contributed by atoms with Crippen LogP contribution >= 0.6 is 15.9 Å². The van der Waals surface area contributed by atoms with Gasteiger partial charge in [-0.1, -0.05) is 0 Å². The Morgan fingerprint density at radius 1 is 1.67 bits per heavy atom. The zero-order chi connectivity index (χ0) is 10.8. The van der Waals surface area contributed by atoms with Crippen molar-refractivity contribution in [2.24, 2.45) is 0 Å². The molecular formula is C10H11BrN2O2. The van der Waals surface area contributed by atoms with Crippen LogP contribution in [0.3, 0.4) is 0 Å². The summed E-state index contributed by atoms with van der Waals surface area (Å²) in [7, 11) is 0. The molecule has 2 aromatic heterocycles. The second-order valence-electron chi connectivity index (χ2n) is 3.11. The minimum atomic E-state index is -0.781. The summed E-state index contributed by atoms with van der Waals surface area (Å²) >= 11 is 3.36. The summed E-state index contributed by atoms with van der Waals surface area (Å²) in [6.07, 6.45) is 2.43. The standard InChI is InChI=1S/C10H11BrN2O2/c1-2-13-9(7(11)6-12-13)10(14)8-4-3-5-15-8/h3-6,10,14H,2H2,1H3. The lowest BCUT2D eigenvalue weighted by Gasteiger charge is -2.10. The van der Waals surface area contributed by atoms with Gasteiger partial charge in [0, 0.05) is 6.54 Å². The Kier molecular flexibility index (Phi) is 2.93. The number of halogens is 1. The molecule has 1 atom stereocenters. The van der Waals surface area contributed by atoms with Gasteiger partial charge in [-0.3, -0.25) is 4.68 Å². The molecule has 2 heterocycles. The second kappa shape index (κ2) is 4.20. The summed E-state index contributed by atoms with van der Waals surface area (Å²) in [6, 6.07) is 3.49. The van der Waals surface area contributed by atoms with Gasteiger partial charge in [0.2, 0.25) is 0 Å². The van der Waals surface area contributed by atoms with E-state index in [9.17, 15) is 5.11 Å². The van der Waals surface area contributed by atoms with Crippen LogP contribution in [-0.4, -0.2) is 14.9 Å². The highest BCUT2D eigenvalue weighted by Crippen LogP contribution is 2.28. The molecule has 0 aliphatic rings. The molecule has 0 amide bonds. The maximum absolute atomic E-state index is 10.1. The van der Waals surface area contributed by atoms with E-state index in [1.165, 1.54) is 0 Å². The molecule has 0 spiro atoms. The van der Waals surface area contributed by atoms with Gasteiger partial charge in [-0.25, -0.2) is 0 Å². The molecule has 0 aliphatic heterocycles. The zero-order valence-electron chi connectivity index (χ0n) is 8.22. The monoisotopic (exact) mass is 270 g/mol. The fraction of sp³-hybridized carbons (Fsp3) is 0.300. The van der Waals surface area contributed by atoms with Crippen molar-refractivity contribution in [3.05, 3.63) is 40.5 Å². The number of aryl methyl sites for hydroxylation is 1. The lowest BCUT2D eigenvalue weighted by atomic mass is 10.2. The van der Waals surface area contributed by atoms with Gasteiger partial charge in [0.05, 0.1) is 22.6 Å². The van der Waals surface area contributed by atoms with Crippen LogP contribution in [0.2, 0.25) is 0 Å². The molecule has 0 aliphatic carbocycles. The molecule has 2 rings (SSSR count). The van der Waals surface area contributed by atoms with E-state index in [2.05, 4.69) is 21.0 Å². The highest BCUT2D eigenvalue weighted by atomic mass is 79.9. The fourth-order valence-corrected chi connectivity index (χ4v) is 1.99. The molecule has 0 aromatic carbocycles. The minimum Gasteiger partial charge on any atom is -0.466 e. The second-order valence-corrected chi connectivity index (χ2v) is 3.97. The Hall–Kier alpha value is -1.07. The van der Waals surface area contributed by atoms with E-state index in [0.717, 1.165) is 4.47 Å². The highest BCUT2D eigenvalue weighted by molar-refractivity contribution is 9.10. The van der Waals surface area contributed by atoms with Gasteiger partial charge in [0.1, 0.15) is 5.76 Å². The smallest absolute Gasteiger partial charge is 0.154 e. The number of rotatable bonds is 3. The van der Waals surface area contributed by atoms with Crippen LogP contribution in [0.5, 0.6) is 0 Å². The summed E-state index contributed by atoms with van der Waals surface area (Å²) in [5.41, 5.74) is 0.715. The van der Waals surface area contributed by atoms with E-state index < -0.39 is 6.10 Å². The molecule has 80 valence electrons. The number of aromatic nitrogens is 2. The summed E-state index contributed by atoms with van der Waals surface area (Å²) in [4.78, 5) is 0. The first-order valence-electron chi connectivity index (χ1n) is 4.66. The van der Waals surface area contributed by atoms with Crippen molar-refractivity contribution in [1.82, 2.24) is 9.78 Å². The quantitative estimate of drug-likeness (QED) is 0.932. The van der Waals surface area contributed by atoms with Crippen LogP contribution < -0.4 is 0 Å². The summed E-state index contributed by atoms with van der Waals surface area (Å²) < 4.78 is 7.68. The van der Waals surface area contributed by atoms with E-state index >= 15 is 0 Å². The first-order chi connectivity index (χ1) is 7.24. The molecule has 2 aromatic rings. The molecular weight excluding hydrogens is 260 g/mol. The largest absolute Gasteiger partial charge is 0.466 e. The van der Waals surface area contributed by atoms with Crippen molar-refractivity contribution in [1.29, 1.82) is 0 Å². The number of aliphatic hydroxyl groups excluding tert-OH is 1. The Labute approximate surface area is 95.6 Å². The van der Waals surface area contributed by atoms with Gasteiger partial charge in [-0.2, -0.15) is 5.10 Å². The van der Waals surface area contributed by atoms with Gasteiger partial charge in [0.15, 0.2) is 6.10 Å². The molecule has 0 bridgehead atoms. The number of aliphatic hydroxyl groups is 1. The van der Waals surface area contributed by atoms with Gasteiger partial charge < -0.3 is 9.52 Å². The topological polar surface area (TPSA) is 51.2 Å². The zero-order valence-corrected chi connectivity index (χ0v) is 9.81. The third-order valence-corrected chi connectivity index (χ3v) is 2.82. The molecule has 0 fully saturated rings. The highest BCUT2D eigenvalue weighted by Gasteiger charge is 2.20. The average Bonchev–Trinajstić information content (AvgIpc) is 2.85. The molecule has 5 heteroatoms. The van der Waals surface area contributed by atoms with Gasteiger partial charge in [0.25, 0.3) is 0 Å². The molecule has 0 radical (unpaired) electrons. The fourth-order valence-electron chi connectivity index (χ4n) is 1.48. The molecule has 0 saturated carbocycles. The van der Waals surface area contributed by atoms with E-state index in [-0.39, 0.29) is 0 Å². The van der Waals surface area contributed by atoms with Gasteiger partial charge in [-0.05, 0) is 35.0 Å². The van der Waals surface area contributed by atoms with Crippen molar-refractivity contribution in [2.45, 2.75) is 19.6 Å². The normalized spacial score (nSPS) is 13.0. The van der Waals surface area contributed by atoms with Crippen molar-refractivity contribution in [3.8, 4) is 0 Å². The predicted molar refractivity (Wildman–Crippen MR) is 58.4 cm³/mol. The number of hydrogen-bond donors (Lipinski definition) is 1. The van der Waals surface area contributed by atoms with Crippen molar-refractivity contribution in [3.63, 3.8) is 0 Å². The van der Waals surface area contributed by atoms with Crippen LogP contribution in [0.1, 0.15) is 24.5 Å². The number of nitrogens with zero attached hydrogens (tertiary/aromatic N) is 2. The summed E-state index contributed by atoms with van der Waals surface area (Å²) in [6.45, 7) is 2.68. The predicted octanol–water partition coefficient (Wildman–Crippen LogP) is 2.34. The molecule has 15 heavy (non-hydrogen) atoms. The SMILES string of the molecule is CCn1ncc(Br)c1C(O)c1ccco1. The van der Waals surface area contributed by atoms with E-state index in [1.54, 1.807) is 29.3 Å². The third-order valence-electron chi connectivity index (χ3n) is 2.20. The molecule has 0 saturated heterocycles. The van der Waals surface area contributed by atoms with Gasteiger partial charge in [-0.15, -0.1) is 0 Å². The first-order valence-corrected chi connectivity index (χ1v) is 5.46. The average molecular weight is 271 g/mol. The Balaban J connectivity index is 2.40. The number of hydrogen-bond acceptors (Lipinski definition) is 3. The Bertz CT molecular complexity index is 436. The van der Waals surface area contributed by atoms with Crippen molar-refractivity contribution >= 4 is 15.9 Å². The van der Waals surface area contributed by atoms with Crippen molar-refractivity contribution < 1.29 is 9.52 Å². The van der Waals surface area contributed by atoms with Crippen LogP contribution in [0, 0.1) is 0 Å².